The van der Waals surface area contributed by atoms with Crippen molar-refractivity contribution < 1.29 is 9.59 Å². The van der Waals surface area contributed by atoms with Gasteiger partial charge in [-0.2, -0.15) is 0 Å². The highest BCUT2D eigenvalue weighted by Crippen LogP contribution is 2.09. The number of piperazine rings is 1. The second-order valence-corrected chi connectivity index (χ2v) is 4.96. The summed E-state index contributed by atoms with van der Waals surface area (Å²) in [4.78, 5) is 27.4. The predicted molar refractivity (Wildman–Crippen MR) is 74.6 cm³/mol. The zero-order valence-corrected chi connectivity index (χ0v) is 12.0. The largest absolute Gasteiger partial charge is 0.353 e. The zero-order chi connectivity index (χ0) is 14.3. The molecule has 0 bridgehead atoms. The summed E-state index contributed by atoms with van der Waals surface area (Å²) in [6.07, 6.45) is 2.07. The highest BCUT2D eigenvalue weighted by atomic mass is 16.2. The average molecular weight is 270 g/mol. The lowest BCUT2D eigenvalue weighted by molar-refractivity contribution is -0.133. The van der Waals surface area contributed by atoms with Crippen LogP contribution in [0, 0.1) is 0 Å². The van der Waals surface area contributed by atoms with Gasteiger partial charge in [-0.25, -0.2) is 0 Å². The molecule has 0 radical (unpaired) electrons. The summed E-state index contributed by atoms with van der Waals surface area (Å²) in [5.74, 6) is 0.201. The van der Waals surface area contributed by atoms with Crippen molar-refractivity contribution in [2.24, 2.45) is 5.73 Å². The highest BCUT2D eigenvalue weighted by Gasteiger charge is 2.28. The lowest BCUT2D eigenvalue weighted by atomic mass is 10.1. The van der Waals surface area contributed by atoms with Gasteiger partial charge in [-0.3, -0.25) is 14.5 Å². The van der Waals surface area contributed by atoms with E-state index < -0.39 is 0 Å². The molecule has 6 heteroatoms. The van der Waals surface area contributed by atoms with Gasteiger partial charge in [0.1, 0.15) is 0 Å². The van der Waals surface area contributed by atoms with Crippen molar-refractivity contribution in [2.45, 2.75) is 32.2 Å². The molecule has 1 rings (SSSR count). The van der Waals surface area contributed by atoms with Crippen molar-refractivity contribution in [3.63, 3.8) is 0 Å². The summed E-state index contributed by atoms with van der Waals surface area (Å²) in [5, 5.41) is 2.86. The molecule has 0 aromatic heterocycles. The number of hydrogen-bond acceptors (Lipinski definition) is 4. The fraction of sp³-hybridized carbons (Fsp3) is 0.846. The summed E-state index contributed by atoms with van der Waals surface area (Å²) < 4.78 is 0. The van der Waals surface area contributed by atoms with Crippen LogP contribution in [0.25, 0.3) is 0 Å². The van der Waals surface area contributed by atoms with E-state index in [1.54, 1.807) is 11.9 Å². The maximum Gasteiger partial charge on any atom is 0.237 e. The molecule has 0 spiro atoms. The van der Waals surface area contributed by atoms with Gasteiger partial charge in [-0.1, -0.05) is 6.92 Å². The van der Waals surface area contributed by atoms with Gasteiger partial charge in [0.25, 0.3) is 0 Å². The Labute approximate surface area is 115 Å². The number of carbonyl (C=O) groups is 2. The maximum atomic E-state index is 11.9. The van der Waals surface area contributed by atoms with Crippen LogP contribution in [-0.4, -0.2) is 67.4 Å². The molecule has 3 N–H and O–H groups in total. The van der Waals surface area contributed by atoms with Crippen LogP contribution in [0.15, 0.2) is 0 Å². The van der Waals surface area contributed by atoms with E-state index in [0.717, 1.165) is 19.4 Å². The van der Waals surface area contributed by atoms with Crippen molar-refractivity contribution in [2.75, 3.05) is 39.8 Å². The van der Waals surface area contributed by atoms with Crippen LogP contribution in [0.5, 0.6) is 0 Å². The number of rotatable bonds is 7. The van der Waals surface area contributed by atoms with E-state index in [4.69, 9.17) is 5.73 Å². The van der Waals surface area contributed by atoms with E-state index in [9.17, 15) is 9.59 Å². The normalized spacial score (nSPS) is 20.2. The molecule has 19 heavy (non-hydrogen) atoms. The Kier molecular flexibility index (Phi) is 6.80. The molecule has 1 aliphatic heterocycles. The van der Waals surface area contributed by atoms with Crippen molar-refractivity contribution in [3.05, 3.63) is 0 Å². The molecule has 2 amide bonds. The lowest BCUT2D eigenvalue weighted by Gasteiger charge is -2.34. The van der Waals surface area contributed by atoms with Crippen molar-refractivity contribution in [1.29, 1.82) is 0 Å². The minimum Gasteiger partial charge on any atom is -0.353 e. The average Bonchev–Trinajstić information content (AvgIpc) is 2.42. The standard InChI is InChI=1S/C13H26N4O2/c1-3-11-13(19)15-7-10-17(11)9-5-12(18)16(2)8-4-6-14/h11H,3-10,14H2,1-2H3,(H,15,19). The molecular formula is C13H26N4O2. The summed E-state index contributed by atoms with van der Waals surface area (Å²) in [6.45, 7) is 5.45. The first-order valence-corrected chi connectivity index (χ1v) is 7.06. The fourth-order valence-electron chi connectivity index (χ4n) is 2.36. The molecule has 1 atom stereocenters. The van der Waals surface area contributed by atoms with Crippen LogP contribution < -0.4 is 11.1 Å². The third-order valence-corrected chi connectivity index (χ3v) is 3.56. The van der Waals surface area contributed by atoms with E-state index in [-0.39, 0.29) is 17.9 Å². The third-order valence-electron chi connectivity index (χ3n) is 3.56. The van der Waals surface area contributed by atoms with Crippen molar-refractivity contribution in [3.8, 4) is 0 Å². The van der Waals surface area contributed by atoms with Crippen LogP contribution in [0.4, 0.5) is 0 Å². The minimum absolute atomic E-state index is 0.0812. The molecule has 0 aliphatic carbocycles. The Morgan fingerprint density at radius 1 is 1.58 bits per heavy atom. The van der Waals surface area contributed by atoms with Crippen molar-refractivity contribution in [1.82, 2.24) is 15.1 Å². The zero-order valence-electron chi connectivity index (χ0n) is 12.0. The van der Waals surface area contributed by atoms with Crippen LogP contribution in [0.1, 0.15) is 26.2 Å². The molecular weight excluding hydrogens is 244 g/mol. The van der Waals surface area contributed by atoms with Crippen LogP contribution in [-0.2, 0) is 9.59 Å². The number of nitrogens with one attached hydrogen (secondary N) is 1. The first-order chi connectivity index (χ1) is 9.10. The smallest absolute Gasteiger partial charge is 0.237 e. The van der Waals surface area contributed by atoms with Crippen LogP contribution in [0.2, 0.25) is 0 Å². The maximum absolute atomic E-state index is 11.9. The van der Waals surface area contributed by atoms with Gasteiger partial charge >= 0.3 is 0 Å². The molecule has 0 aromatic carbocycles. The van der Waals surface area contributed by atoms with E-state index in [0.29, 0.717) is 32.6 Å². The first kappa shape index (κ1) is 15.9. The lowest BCUT2D eigenvalue weighted by Crippen LogP contribution is -2.55. The number of amides is 2. The molecule has 0 saturated carbocycles. The molecule has 1 unspecified atom stereocenters. The molecule has 6 nitrogen and oxygen atoms in total. The van der Waals surface area contributed by atoms with Gasteiger partial charge in [0.15, 0.2) is 0 Å². The highest BCUT2D eigenvalue weighted by molar-refractivity contribution is 5.82. The summed E-state index contributed by atoms with van der Waals surface area (Å²) in [7, 11) is 1.80. The van der Waals surface area contributed by atoms with E-state index in [2.05, 4.69) is 10.2 Å². The molecule has 1 fully saturated rings. The number of hydrogen-bond donors (Lipinski definition) is 2. The number of carbonyl (C=O) groups excluding carboxylic acids is 2. The molecule has 0 aromatic rings. The Bertz CT molecular complexity index is 309. The molecule has 1 saturated heterocycles. The van der Waals surface area contributed by atoms with Gasteiger partial charge in [-0.15, -0.1) is 0 Å². The summed E-state index contributed by atoms with van der Waals surface area (Å²) in [5.41, 5.74) is 5.43. The van der Waals surface area contributed by atoms with Crippen LogP contribution >= 0.6 is 0 Å². The van der Waals surface area contributed by atoms with E-state index in [1.807, 2.05) is 6.92 Å². The van der Waals surface area contributed by atoms with Gasteiger partial charge in [0, 0.05) is 39.6 Å². The Morgan fingerprint density at radius 2 is 2.32 bits per heavy atom. The Morgan fingerprint density at radius 3 is 2.95 bits per heavy atom. The van der Waals surface area contributed by atoms with Crippen molar-refractivity contribution >= 4 is 11.8 Å². The number of nitrogens with zero attached hydrogens (tertiary/aromatic N) is 2. The van der Waals surface area contributed by atoms with E-state index in [1.165, 1.54) is 0 Å². The van der Waals surface area contributed by atoms with Gasteiger partial charge < -0.3 is 16.0 Å². The quantitative estimate of drug-likeness (QED) is 0.647. The van der Waals surface area contributed by atoms with Gasteiger partial charge in [0.05, 0.1) is 6.04 Å². The minimum atomic E-state index is -0.0871. The third kappa shape index (κ3) is 4.80. The van der Waals surface area contributed by atoms with Gasteiger partial charge in [-0.05, 0) is 19.4 Å². The fourth-order valence-corrected chi connectivity index (χ4v) is 2.36. The van der Waals surface area contributed by atoms with E-state index >= 15 is 0 Å². The monoisotopic (exact) mass is 270 g/mol. The molecule has 1 aliphatic rings. The first-order valence-electron chi connectivity index (χ1n) is 7.06. The molecule has 110 valence electrons. The SMILES string of the molecule is CCC1C(=O)NCCN1CCC(=O)N(C)CCCN. The number of nitrogens with two attached hydrogens (primary N) is 1. The second kappa shape index (κ2) is 8.12. The Balaban J connectivity index is 2.37. The summed E-state index contributed by atoms with van der Waals surface area (Å²) in [6, 6.07) is -0.0871. The predicted octanol–water partition coefficient (Wildman–Crippen LogP) is -0.606. The topological polar surface area (TPSA) is 78.7 Å². The molecule has 1 heterocycles. The van der Waals surface area contributed by atoms with Crippen LogP contribution in [0.3, 0.4) is 0 Å². The Hall–Kier alpha value is -1.14. The second-order valence-electron chi connectivity index (χ2n) is 4.96. The summed E-state index contributed by atoms with van der Waals surface area (Å²) >= 11 is 0. The van der Waals surface area contributed by atoms with Gasteiger partial charge in [0.2, 0.25) is 11.8 Å².